The number of carboxylic acid groups (broad SMARTS) is 1. The Kier molecular flexibility index (Phi) is 3.30. The second-order valence-corrected chi connectivity index (χ2v) is 3.45. The summed E-state index contributed by atoms with van der Waals surface area (Å²) in [6, 6.07) is 2.07. The highest BCUT2D eigenvalue weighted by atomic mass is 16.4. The Morgan fingerprint density at radius 1 is 1.57 bits per heavy atom. The van der Waals surface area contributed by atoms with Gasteiger partial charge < -0.3 is 15.0 Å². The molecule has 0 spiro atoms. The third-order valence-corrected chi connectivity index (χ3v) is 2.47. The highest BCUT2D eigenvalue weighted by Crippen LogP contribution is 2.12. The van der Waals surface area contributed by atoms with Gasteiger partial charge in [0.1, 0.15) is 0 Å². The Bertz CT molecular complexity index is 342. The number of aliphatic carboxylic acids is 1. The van der Waals surface area contributed by atoms with Gasteiger partial charge in [0.2, 0.25) is 0 Å². The van der Waals surface area contributed by atoms with E-state index in [0.29, 0.717) is 6.54 Å². The number of carboxylic acids is 1. The lowest BCUT2D eigenvalue weighted by Crippen LogP contribution is -2.22. The summed E-state index contributed by atoms with van der Waals surface area (Å²) >= 11 is 0. The molecule has 1 aromatic heterocycles. The first-order valence-corrected chi connectivity index (χ1v) is 4.56. The number of hydrogen-bond donors (Lipinski definition) is 2. The van der Waals surface area contributed by atoms with E-state index in [2.05, 4.69) is 16.0 Å². The molecule has 0 aliphatic rings. The van der Waals surface area contributed by atoms with Gasteiger partial charge in [-0.2, -0.15) is 0 Å². The van der Waals surface area contributed by atoms with E-state index >= 15 is 0 Å². The van der Waals surface area contributed by atoms with Crippen LogP contribution in [0.2, 0.25) is 0 Å². The minimum Gasteiger partial charge on any atom is -0.480 e. The van der Waals surface area contributed by atoms with E-state index in [1.54, 1.807) is 0 Å². The molecule has 0 fully saturated rings. The second-order valence-electron chi connectivity index (χ2n) is 3.45. The Morgan fingerprint density at radius 3 is 2.64 bits per heavy atom. The molecule has 1 rings (SSSR count). The Balaban J connectivity index is 2.59. The maximum atomic E-state index is 10.3. The number of rotatable bonds is 4. The number of nitrogens with one attached hydrogen (secondary N) is 1. The largest absolute Gasteiger partial charge is 0.480 e. The van der Waals surface area contributed by atoms with Crippen molar-refractivity contribution in [2.75, 3.05) is 6.54 Å². The zero-order valence-electron chi connectivity index (χ0n) is 8.79. The van der Waals surface area contributed by atoms with Crippen LogP contribution >= 0.6 is 0 Å². The lowest BCUT2D eigenvalue weighted by Gasteiger charge is -2.02. The normalized spacial score (nSPS) is 10.5. The minimum atomic E-state index is -0.824. The van der Waals surface area contributed by atoms with E-state index in [1.165, 1.54) is 11.4 Å². The van der Waals surface area contributed by atoms with Gasteiger partial charge in [-0.15, -0.1) is 0 Å². The van der Waals surface area contributed by atoms with E-state index in [-0.39, 0.29) is 6.54 Å². The molecule has 78 valence electrons. The van der Waals surface area contributed by atoms with E-state index in [9.17, 15) is 4.79 Å². The van der Waals surface area contributed by atoms with Gasteiger partial charge in [-0.05, 0) is 25.5 Å². The predicted molar refractivity (Wildman–Crippen MR) is 54.2 cm³/mol. The van der Waals surface area contributed by atoms with Gasteiger partial charge in [0.15, 0.2) is 0 Å². The summed E-state index contributed by atoms with van der Waals surface area (Å²) < 4.78 is 2.10. The molecule has 0 aromatic carbocycles. The van der Waals surface area contributed by atoms with Gasteiger partial charge in [0.05, 0.1) is 6.54 Å². The molecule has 1 aromatic rings. The quantitative estimate of drug-likeness (QED) is 0.749. The van der Waals surface area contributed by atoms with Crippen molar-refractivity contribution in [1.29, 1.82) is 0 Å². The molecule has 14 heavy (non-hydrogen) atoms. The van der Waals surface area contributed by atoms with Crippen LogP contribution in [-0.4, -0.2) is 22.2 Å². The van der Waals surface area contributed by atoms with Crippen molar-refractivity contribution in [3.63, 3.8) is 0 Å². The van der Waals surface area contributed by atoms with E-state index in [4.69, 9.17) is 5.11 Å². The summed E-state index contributed by atoms with van der Waals surface area (Å²) in [6.07, 6.45) is 0. The fraction of sp³-hybridized carbons (Fsp3) is 0.500. The van der Waals surface area contributed by atoms with Crippen LogP contribution < -0.4 is 5.32 Å². The van der Waals surface area contributed by atoms with Crippen LogP contribution in [0.15, 0.2) is 6.07 Å². The SMILES string of the molecule is Cc1cc(CNCC(=O)O)c(C)n1C. The first kappa shape index (κ1) is 10.8. The lowest BCUT2D eigenvalue weighted by atomic mass is 10.2. The number of nitrogens with zero attached hydrogens (tertiary/aromatic N) is 1. The highest BCUT2D eigenvalue weighted by molar-refractivity contribution is 5.69. The zero-order valence-corrected chi connectivity index (χ0v) is 8.79. The summed E-state index contributed by atoms with van der Waals surface area (Å²) in [5.41, 5.74) is 3.53. The molecule has 4 heteroatoms. The van der Waals surface area contributed by atoms with Crippen LogP contribution in [-0.2, 0) is 18.4 Å². The smallest absolute Gasteiger partial charge is 0.317 e. The van der Waals surface area contributed by atoms with Crippen molar-refractivity contribution in [2.45, 2.75) is 20.4 Å². The van der Waals surface area contributed by atoms with Gasteiger partial charge in [-0.3, -0.25) is 4.79 Å². The molecule has 4 nitrogen and oxygen atoms in total. The van der Waals surface area contributed by atoms with Crippen LogP contribution in [0.3, 0.4) is 0 Å². The van der Waals surface area contributed by atoms with Crippen molar-refractivity contribution >= 4 is 5.97 Å². The monoisotopic (exact) mass is 196 g/mol. The first-order chi connectivity index (χ1) is 6.52. The second kappa shape index (κ2) is 4.28. The molecule has 0 bridgehead atoms. The molecule has 0 saturated carbocycles. The van der Waals surface area contributed by atoms with Gasteiger partial charge >= 0.3 is 5.97 Å². The van der Waals surface area contributed by atoms with Crippen LogP contribution in [0.5, 0.6) is 0 Å². The van der Waals surface area contributed by atoms with E-state index in [1.807, 2.05) is 20.9 Å². The van der Waals surface area contributed by atoms with Crippen molar-refractivity contribution < 1.29 is 9.90 Å². The number of hydrogen-bond acceptors (Lipinski definition) is 2. The fourth-order valence-electron chi connectivity index (χ4n) is 1.42. The first-order valence-electron chi connectivity index (χ1n) is 4.56. The Morgan fingerprint density at radius 2 is 2.21 bits per heavy atom. The topological polar surface area (TPSA) is 54.3 Å². The third kappa shape index (κ3) is 2.35. The molecule has 1 heterocycles. The average molecular weight is 196 g/mol. The molecular formula is C10H16N2O2. The standard InChI is InChI=1S/C10H16N2O2/c1-7-4-9(8(2)12(7)3)5-11-6-10(13)14/h4,11H,5-6H2,1-3H3,(H,13,14). The van der Waals surface area contributed by atoms with Crippen molar-refractivity contribution in [2.24, 2.45) is 7.05 Å². The molecule has 2 N–H and O–H groups in total. The maximum absolute atomic E-state index is 10.3. The van der Waals surface area contributed by atoms with E-state index < -0.39 is 5.97 Å². The van der Waals surface area contributed by atoms with Crippen molar-refractivity contribution in [3.05, 3.63) is 23.0 Å². The molecule has 0 aliphatic heterocycles. The van der Waals surface area contributed by atoms with Crippen LogP contribution in [0.25, 0.3) is 0 Å². The summed E-state index contributed by atoms with van der Waals surface area (Å²) in [7, 11) is 2.01. The molecular weight excluding hydrogens is 180 g/mol. The third-order valence-electron chi connectivity index (χ3n) is 2.47. The Labute approximate surface area is 83.5 Å². The van der Waals surface area contributed by atoms with Crippen LogP contribution in [0.4, 0.5) is 0 Å². The number of aryl methyl sites for hydroxylation is 1. The van der Waals surface area contributed by atoms with Crippen LogP contribution in [0, 0.1) is 13.8 Å². The average Bonchev–Trinajstić information content (AvgIpc) is 2.33. The molecule has 0 aliphatic carbocycles. The summed E-state index contributed by atoms with van der Waals surface area (Å²) in [5.74, 6) is -0.824. The van der Waals surface area contributed by atoms with Gasteiger partial charge in [-0.25, -0.2) is 0 Å². The van der Waals surface area contributed by atoms with Gasteiger partial charge in [0.25, 0.3) is 0 Å². The minimum absolute atomic E-state index is 0.00732. The molecule has 0 unspecified atom stereocenters. The fourth-order valence-corrected chi connectivity index (χ4v) is 1.42. The molecule has 0 radical (unpaired) electrons. The molecule has 0 amide bonds. The number of carbonyl (C=O) groups is 1. The molecule has 0 atom stereocenters. The summed E-state index contributed by atoms with van der Waals surface area (Å²) in [5, 5.41) is 11.3. The summed E-state index contributed by atoms with van der Waals surface area (Å²) in [6.45, 7) is 4.69. The highest BCUT2D eigenvalue weighted by Gasteiger charge is 2.05. The predicted octanol–water partition coefficient (Wildman–Crippen LogP) is 0.816. The van der Waals surface area contributed by atoms with Crippen LogP contribution in [0.1, 0.15) is 17.0 Å². The van der Waals surface area contributed by atoms with Crippen molar-refractivity contribution in [1.82, 2.24) is 9.88 Å². The van der Waals surface area contributed by atoms with E-state index in [0.717, 1.165) is 5.56 Å². The van der Waals surface area contributed by atoms with Crippen molar-refractivity contribution in [3.8, 4) is 0 Å². The Hall–Kier alpha value is -1.29. The number of aromatic nitrogens is 1. The zero-order chi connectivity index (χ0) is 10.7. The summed E-state index contributed by atoms with van der Waals surface area (Å²) in [4.78, 5) is 10.3. The maximum Gasteiger partial charge on any atom is 0.317 e. The van der Waals surface area contributed by atoms with Gasteiger partial charge in [0, 0.05) is 25.0 Å². The van der Waals surface area contributed by atoms with Gasteiger partial charge in [-0.1, -0.05) is 0 Å². The lowest BCUT2D eigenvalue weighted by molar-refractivity contribution is -0.135. The molecule has 0 saturated heterocycles.